The lowest BCUT2D eigenvalue weighted by molar-refractivity contribution is -0.130. The van der Waals surface area contributed by atoms with Gasteiger partial charge in [0.15, 0.2) is 0 Å². The first-order valence-electron chi connectivity index (χ1n) is 10.5. The second kappa shape index (κ2) is 5.92. The summed E-state index contributed by atoms with van der Waals surface area (Å²) in [7, 11) is 0. The van der Waals surface area contributed by atoms with E-state index in [1.165, 1.54) is 27.8 Å². The maximum atomic E-state index is 12.8. The van der Waals surface area contributed by atoms with Crippen LogP contribution in [0.5, 0.6) is 0 Å². The van der Waals surface area contributed by atoms with Crippen molar-refractivity contribution in [1.82, 2.24) is 4.90 Å². The van der Waals surface area contributed by atoms with E-state index in [9.17, 15) is 4.79 Å². The zero-order valence-electron chi connectivity index (χ0n) is 16.6. The first kappa shape index (κ1) is 17.2. The molecule has 0 bridgehead atoms. The molecule has 3 heterocycles. The van der Waals surface area contributed by atoms with Crippen LogP contribution in [-0.4, -0.2) is 35.5 Å². The molecule has 2 aromatic rings. The molecule has 6 rings (SSSR count). The Morgan fingerprint density at radius 3 is 2.41 bits per heavy atom. The number of hydrogen-bond acceptors (Lipinski definition) is 4. The van der Waals surface area contributed by atoms with Gasteiger partial charge in [0.05, 0.1) is 12.2 Å². The van der Waals surface area contributed by atoms with E-state index in [4.69, 9.17) is 9.47 Å². The number of carbonyl (C=O) groups is 1. The Morgan fingerprint density at radius 1 is 0.966 bits per heavy atom. The van der Waals surface area contributed by atoms with Crippen molar-refractivity contribution < 1.29 is 14.3 Å². The molecular formula is C24H24N2O3. The van der Waals surface area contributed by atoms with Gasteiger partial charge in [0.1, 0.15) is 0 Å². The number of amidine groups is 1. The quantitative estimate of drug-likeness (QED) is 0.695. The number of piperidine rings is 1. The Bertz CT molecular complexity index is 1020. The van der Waals surface area contributed by atoms with Crippen molar-refractivity contribution >= 4 is 11.9 Å². The number of carbonyl (C=O) groups excluding carboxylic acids is 1. The second-order valence-corrected chi connectivity index (χ2v) is 8.79. The van der Waals surface area contributed by atoms with E-state index in [0.29, 0.717) is 25.5 Å². The Kier molecular flexibility index (Phi) is 3.52. The van der Waals surface area contributed by atoms with Gasteiger partial charge in [-0.2, -0.15) is 4.99 Å². The Labute approximate surface area is 170 Å². The van der Waals surface area contributed by atoms with E-state index in [1.807, 2.05) is 12.1 Å². The van der Waals surface area contributed by atoms with Crippen molar-refractivity contribution in [3.8, 4) is 0 Å². The summed E-state index contributed by atoms with van der Waals surface area (Å²) in [4.78, 5) is 19.3. The van der Waals surface area contributed by atoms with E-state index in [2.05, 4.69) is 47.1 Å². The van der Waals surface area contributed by atoms with Gasteiger partial charge in [0, 0.05) is 25.9 Å². The van der Waals surface area contributed by atoms with E-state index in [0.717, 1.165) is 25.9 Å². The number of ether oxygens (including phenoxy) is 2. The first-order valence-corrected chi connectivity index (χ1v) is 10.5. The zero-order valence-corrected chi connectivity index (χ0v) is 16.6. The molecule has 29 heavy (non-hydrogen) atoms. The fraction of sp³-hybridized carbons (Fsp3) is 0.417. The Hall–Kier alpha value is -2.66. The monoisotopic (exact) mass is 388 g/mol. The lowest BCUT2D eigenvalue weighted by Gasteiger charge is -2.39. The second-order valence-electron chi connectivity index (χ2n) is 8.79. The highest BCUT2D eigenvalue weighted by Crippen LogP contribution is 2.45. The minimum atomic E-state index is -0.832. The third-order valence-corrected chi connectivity index (χ3v) is 7.18. The summed E-state index contributed by atoms with van der Waals surface area (Å²) < 4.78 is 12.6. The molecular weight excluding hydrogens is 364 g/mol. The number of nitrogens with zero attached hydrogens (tertiary/aromatic N) is 2. The van der Waals surface area contributed by atoms with Crippen molar-refractivity contribution in [3.05, 3.63) is 70.3 Å². The maximum Gasteiger partial charge on any atom is 0.296 e. The standard InChI is InChI=1S/C24H24N2O3/c1-16-5-4-8-20-19(16)15-28-23(20)9-11-26(12-10-23)22-25-21(27)24(29-22)13-17-6-2-3-7-18(17)14-24/h2-8H,9-15H2,1H3. The largest absolute Gasteiger partial charge is 0.447 e. The van der Waals surface area contributed by atoms with E-state index in [1.54, 1.807) is 0 Å². The van der Waals surface area contributed by atoms with Gasteiger partial charge < -0.3 is 14.4 Å². The molecule has 2 spiro atoms. The highest BCUT2D eigenvalue weighted by Gasteiger charge is 2.52. The van der Waals surface area contributed by atoms with Crippen LogP contribution in [-0.2, 0) is 39.3 Å². The molecule has 0 radical (unpaired) electrons. The van der Waals surface area contributed by atoms with Crippen molar-refractivity contribution in [2.24, 2.45) is 4.99 Å². The summed E-state index contributed by atoms with van der Waals surface area (Å²) in [6, 6.07) is 15.2. The molecule has 1 saturated heterocycles. The zero-order chi connectivity index (χ0) is 19.6. The summed E-state index contributed by atoms with van der Waals surface area (Å²) >= 11 is 0. The number of hydrogen-bond donors (Lipinski definition) is 0. The van der Waals surface area contributed by atoms with Gasteiger partial charge in [-0.3, -0.25) is 4.79 Å². The third-order valence-electron chi connectivity index (χ3n) is 7.18. The van der Waals surface area contributed by atoms with Crippen molar-refractivity contribution in [1.29, 1.82) is 0 Å². The highest BCUT2D eigenvalue weighted by atomic mass is 16.5. The SMILES string of the molecule is Cc1cccc2c1COC21CCN(C2=NC(=O)C3(Cc4ccccc4C3)O2)CC1. The van der Waals surface area contributed by atoms with Crippen molar-refractivity contribution in [2.75, 3.05) is 13.1 Å². The van der Waals surface area contributed by atoms with Crippen LogP contribution < -0.4 is 0 Å². The molecule has 5 heteroatoms. The molecule has 1 fully saturated rings. The van der Waals surface area contributed by atoms with Crippen LogP contribution in [0.3, 0.4) is 0 Å². The maximum absolute atomic E-state index is 12.8. The van der Waals surface area contributed by atoms with Crippen LogP contribution in [0.25, 0.3) is 0 Å². The molecule has 0 saturated carbocycles. The minimum Gasteiger partial charge on any atom is -0.447 e. The van der Waals surface area contributed by atoms with Gasteiger partial charge >= 0.3 is 0 Å². The third kappa shape index (κ3) is 2.43. The lowest BCUT2D eigenvalue weighted by Crippen LogP contribution is -2.47. The number of benzene rings is 2. The predicted octanol–water partition coefficient (Wildman–Crippen LogP) is 3.27. The lowest BCUT2D eigenvalue weighted by atomic mass is 9.83. The van der Waals surface area contributed by atoms with E-state index < -0.39 is 5.60 Å². The average molecular weight is 388 g/mol. The van der Waals surface area contributed by atoms with Crippen LogP contribution in [0.2, 0.25) is 0 Å². The molecule has 3 aliphatic heterocycles. The number of rotatable bonds is 0. The molecule has 5 nitrogen and oxygen atoms in total. The smallest absolute Gasteiger partial charge is 0.296 e. The molecule has 4 aliphatic rings. The topological polar surface area (TPSA) is 51.1 Å². The number of aryl methyl sites for hydroxylation is 1. The molecule has 148 valence electrons. The Balaban J connectivity index is 1.19. The highest BCUT2D eigenvalue weighted by molar-refractivity contribution is 6.02. The van der Waals surface area contributed by atoms with Gasteiger partial charge in [-0.15, -0.1) is 0 Å². The van der Waals surface area contributed by atoms with E-state index >= 15 is 0 Å². The fourth-order valence-electron chi connectivity index (χ4n) is 5.45. The van der Waals surface area contributed by atoms with Gasteiger partial charge in [0.25, 0.3) is 11.9 Å². The molecule has 0 N–H and O–H groups in total. The Morgan fingerprint density at radius 2 is 1.69 bits per heavy atom. The number of amides is 1. The van der Waals surface area contributed by atoms with Gasteiger partial charge in [0.2, 0.25) is 5.60 Å². The van der Waals surface area contributed by atoms with Crippen molar-refractivity contribution in [3.63, 3.8) is 0 Å². The summed E-state index contributed by atoms with van der Waals surface area (Å²) in [5.41, 5.74) is 5.34. The summed E-state index contributed by atoms with van der Waals surface area (Å²) in [6.45, 7) is 4.41. The normalized spacial score (nSPS) is 23.3. The summed E-state index contributed by atoms with van der Waals surface area (Å²) in [5, 5.41) is 0. The van der Waals surface area contributed by atoms with Gasteiger partial charge in [-0.05, 0) is 47.6 Å². The minimum absolute atomic E-state index is 0.137. The molecule has 0 atom stereocenters. The van der Waals surface area contributed by atoms with Gasteiger partial charge in [-0.1, -0.05) is 42.5 Å². The molecule has 1 amide bonds. The van der Waals surface area contributed by atoms with Gasteiger partial charge in [-0.25, -0.2) is 0 Å². The van der Waals surface area contributed by atoms with E-state index in [-0.39, 0.29) is 11.5 Å². The first-order chi connectivity index (χ1) is 14.1. The number of fused-ring (bicyclic) bond motifs is 3. The molecule has 0 unspecified atom stereocenters. The predicted molar refractivity (Wildman–Crippen MR) is 109 cm³/mol. The van der Waals surface area contributed by atoms with Crippen LogP contribution in [0.15, 0.2) is 47.5 Å². The van der Waals surface area contributed by atoms with Crippen molar-refractivity contribution in [2.45, 2.75) is 50.4 Å². The average Bonchev–Trinajstić information content (AvgIpc) is 3.38. The van der Waals surface area contributed by atoms with Crippen LogP contribution in [0, 0.1) is 6.92 Å². The molecule has 1 aliphatic carbocycles. The van der Waals surface area contributed by atoms with Crippen LogP contribution in [0.4, 0.5) is 0 Å². The fourth-order valence-corrected chi connectivity index (χ4v) is 5.45. The molecule has 0 aromatic heterocycles. The number of aliphatic imine (C=N–C) groups is 1. The summed E-state index contributed by atoms with van der Waals surface area (Å²) in [6.07, 6.45) is 2.99. The van der Waals surface area contributed by atoms with Crippen LogP contribution >= 0.6 is 0 Å². The summed E-state index contributed by atoms with van der Waals surface area (Å²) in [5.74, 6) is -0.137. The number of likely N-dealkylation sites (tertiary alicyclic amines) is 1. The van der Waals surface area contributed by atoms with Crippen LogP contribution in [0.1, 0.15) is 40.7 Å². The molecule has 2 aromatic carbocycles.